The first-order valence-corrected chi connectivity index (χ1v) is 10.4. The van der Waals surface area contributed by atoms with Crippen molar-refractivity contribution >= 4 is 23.1 Å². The zero-order valence-corrected chi connectivity index (χ0v) is 17.3. The Morgan fingerprint density at radius 2 is 1.66 bits per heavy atom. The molecule has 5 rings (SSSR count). The highest BCUT2D eigenvalue weighted by Gasteiger charge is 2.02. The molecule has 0 saturated heterocycles. The van der Waals surface area contributed by atoms with Crippen LogP contribution in [-0.4, -0.2) is 25.6 Å². The molecule has 0 atom stereocenters. The van der Waals surface area contributed by atoms with Gasteiger partial charge < -0.3 is 4.74 Å². The number of hydrogen-bond acceptors (Lipinski definition) is 5. The van der Waals surface area contributed by atoms with Crippen molar-refractivity contribution in [2.24, 2.45) is 0 Å². The lowest BCUT2D eigenvalue weighted by Crippen LogP contribution is -1.98. The van der Waals surface area contributed by atoms with E-state index in [2.05, 4.69) is 74.2 Å². The van der Waals surface area contributed by atoms with Crippen molar-refractivity contribution in [1.82, 2.24) is 25.6 Å². The highest BCUT2D eigenvalue weighted by atomic mass is 16.5. The van der Waals surface area contributed by atoms with Crippen LogP contribution in [0.25, 0.3) is 23.1 Å². The van der Waals surface area contributed by atoms with Gasteiger partial charge in [0.05, 0.1) is 11.2 Å². The Kier molecular flexibility index (Phi) is 5.66. The molecule has 0 radical (unpaired) electrons. The van der Waals surface area contributed by atoms with E-state index in [0.29, 0.717) is 13.0 Å². The van der Waals surface area contributed by atoms with Crippen LogP contribution in [0.15, 0.2) is 84.9 Å². The molecule has 2 heterocycles. The summed E-state index contributed by atoms with van der Waals surface area (Å²) in [7, 11) is 0. The monoisotopic (exact) mass is 419 g/mol. The van der Waals surface area contributed by atoms with E-state index in [1.165, 1.54) is 0 Å². The van der Waals surface area contributed by atoms with Crippen molar-refractivity contribution in [2.45, 2.75) is 13.0 Å². The predicted octanol–water partition coefficient (Wildman–Crippen LogP) is 5.09. The van der Waals surface area contributed by atoms with Crippen LogP contribution < -0.4 is 4.74 Å². The van der Waals surface area contributed by atoms with Gasteiger partial charge in [0.15, 0.2) is 5.82 Å². The second-order valence-corrected chi connectivity index (χ2v) is 7.46. The summed E-state index contributed by atoms with van der Waals surface area (Å²) in [4.78, 5) is 4.67. The average molecular weight is 419 g/mol. The Balaban J connectivity index is 1.25. The number of fused-ring (bicyclic) bond motifs is 1. The van der Waals surface area contributed by atoms with Crippen molar-refractivity contribution in [1.29, 1.82) is 0 Å². The quantitative estimate of drug-likeness (QED) is 0.372. The van der Waals surface area contributed by atoms with Crippen molar-refractivity contribution in [3.8, 4) is 5.75 Å². The lowest BCUT2D eigenvalue weighted by molar-refractivity contribution is 0.302. The number of para-hydroxylation sites is 1. The van der Waals surface area contributed by atoms with E-state index in [1.54, 1.807) is 0 Å². The van der Waals surface area contributed by atoms with Crippen LogP contribution in [0.1, 0.15) is 28.2 Å². The van der Waals surface area contributed by atoms with Crippen molar-refractivity contribution in [2.75, 3.05) is 0 Å². The summed E-state index contributed by atoms with van der Waals surface area (Å²) in [5.74, 6) is 1.56. The molecule has 2 aromatic heterocycles. The number of ether oxygens (including phenoxy) is 1. The zero-order valence-electron chi connectivity index (χ0n) is 17.3. The third-order valence-corrected chi connectivity index (χ3v) is 5.08. The minimum absolute atomic E-state index is 0.427. The molecule has 0 aliphatic rings. The molecule has 1 N–H and O–H groups in total. The van der Waals surface area contributed by atoms with Crippen LogP contribution in [0.3, 0.4) is 0 Å². The van der Waals surface area contributed by atoms with Gasteiger partial charge in [-0.05, 0) is 51.4 Å². The molecule has 0 aliphatic carbocycles. The molecule has 0 bridgehead atoms. The Hall–Kier alpha value is -4.32. The first-order chi connectivity index (χ1) is 15.8. The molecule has 32 heavy (non-hydrogen) atoms. The van der Waals surface area contributed by atoms with Crippen molar-refractivity contribution in [3.05, 3.63) is 113 Å². The maximum absolute atomic E-state index is 5.99. The first kappa shape index (κ1) is 19.6. The highest BCUT2D eigenvalue weighted by Crippen LogP contribution is 2.19. The molecule has 0 aliphatic heterocycles. The molecule has 0 spiro atoms. The fourth-order valence-electron chi connectivity index (χ4n) is 3.50. The second-order valence-electron chi connectivity index (χ2n) is 7.46. The topological polar surface area (TPSA) is 76.6 Å². The summed E-state index contributed by atoms with van der Waals surface area (Å²) < 4.78 is 5.99. The number of pyridine rings is 1. The molecule has 0 unspecified atom stereocenters. The van der Waals surface area contributed by atoms with E-state index < -0.39 is 0 Å². The van der Waals surface area contributed by atoms with Gasteiger partial charge in [-0.1, -0.05) is 72.8 Å². The third kappa shape index (κ3) is 4.87. The van der Waals surface area contributed by atoms with Gasteiger partial charge in [-0.3, -0.25) is 0 Å². The van der Waals surface area contributed by atoms with Gasteiger partial charge in [-0.15, -0.1) is 5.10 Å². The predicted molar refractivity (Wildman–Crippen MR) is 125 cm³/mol. The summed E-state index contributed by atoms with van der Waals surface area (Å²) in [6.45, 7) is 0.427. The molecule has 6 heteroatoms. The number of nitrogens with one attached hydrogen (secondary N) is 1. The number of nitrogens with zero attached hydrogens (tertiary/aromatic N) is 4. The standard InChI is InChI=1S/C26H21N5O/c1-2-10-25-22(8-1)13-14-23(27-25)18-32-24-9-4-6-20(16-24)12-11-19-5-3-7-21(15-19)17-26-28-30-31-29-26/h1-16H,17-18H2,(H,28,29,30,31). The molecule has 156 valence electrons. The minimum atomic E-state index is 0.427. The second kappa shape index (κ2) is 9.22. The van der Waals surface area contributed by atoms with Gasteiger partial charge >= 0.3 is 0 Å². The van der Waals surface area contributed by atoms with E-state index in [1.807, 2.05) is 48.5 Å². The summed E-state index contributed by atoms with van der Waals surface area (Å²) >= 11 is 0. The third-order valence-electron chi connectivity index (χ3n) is 5.08. The van der Waals surface area contributed by atoms with E-state index >= 15 is 0 Å². The summed E-state index contributed by atoms with van der Waals surface area (Å²) in [5, 5.41) is 15.1. The highest BCUT2D eigenvalue weighted by molar-refractivity contribution is 5.78. The number of rotatable bonds is 7. The first-order valence-electron chi connectivity index (χ1n) is 10.4. The number of tetrazole rings is 1. The Bertz CT molecular complexity index is 1360. The Labute approximate surface area is 185 Å². The fraction of sp³-hybridized carbons (Fsp3) is 0.0769. The number of aromatic nitrogens is 5. The van der Waals surface area contributed by atoms with Gasteiger partial charge in [0.2, 0.25) is 0 Å². The van der Waals surface area contributed by atoms with Gasteiger partial charge in [0.1, 0.15) is 12.4 Å². The lowest BCUT2D eigenvalue weighted by Gasteiger charge is -2.07. The van der Waals surface area contributed by atoms with Crippen molar-refractivity contribution in [3.63, 3.8) is 0 Å². The van der Waals surface area contributed by atoms with E-state index in [0.717, 1.165) is 44.9 Å². The van der Waals surface area contributed by atoms with Crippen LogP contribution in [-0.2, 0) is 13.0 Å². The number of H-pyrrole nitrogens is 1. The molecule has 3 aromatic carbocycles. The lowest BCUT2D eigenvalue weighted by atomic mass is 10.1. The zero-order chi connectivity index (χ0) is 21.6. The summed E-state index contributed by atoms with van der Waals surface area (Å²) in [5.41, 5.74) is 5.21. The van der Waals surface area contributed by atoms with E-state index in [-0.39, 0.29) is 0 Å². The Morgan fingerprint density at radius 3 is 2.53 bits per heavy atom. The Morgan fingerprint density at radius 1 is 0.812 bits per heavy atom. The van der Waals surface area contributed by atoms with Crippen LogP contribution >= 0.6 is 0 Å². The molecule has 5 aromatic rings. The number of aromatic amines is 1. The maximum atomic E-state index is 5.99. The molecular weight excluding hydrogens is 398 g/mol. The van der Waals surface area contributed by atoms with Crippen LogP contribution in [0.5, 0.6) is 5.75 Å². The maximum Gasteiger partial charge on any atom is 0.152 e. The fourth-order valence-corrected chi connectivity index (χ4v) is 3.50. The number of benzene rings is 3. The normalized spacial score (nSPS) is 11.2. The van der Waals surface area contributed by atoms with E-state index in [9.17, 15) is 0 Å². The smallest absolute Gasteiger partial charge is 0.152 e. The van der Waals surface area contributed by atoms with Gasteiger partial charge in [-0.2, -0.15) is 0 Å². The van der Waals surface area contributed by atoms with E-state index in [4.69, 9.17) is 4.74 Å². The summed E-state index contributed by atoms with van der Waals surface area (Å²) in [6.07, 6.45) is 4.84. The largest absolute Gasteiger partial charge is 0.487 e. The van der Waals surface area contributed by atoms with Gasteiger partial charge in [0.25, 0.3) is 0 Å². The molecular formula is C26H21N5O. The average Bonchev–Trinajstić information content (AvgIpc) is 3.35. The minimum Gasteiger partial charge on any atom is -0.487 e. The number of hydrogen-bond donors (Lipinski definition) is 1. The van der Waals surface area contributed by atoms with Crippen molar-refractivity contribution < 1.29 is 4.74 Å². The van der Waals surface area contributed by atoms with Crippen LogP contribution in [0.4, 0.5) is 0 Å². The molecule has 0 amide bonds. The van der Waals surface area contributed by atoms with Crippen LogP contribution in [0, 0.1) is 0 Å². The van der Waals surface area contributed by atoms with Crippen LogP contribution in [0.2, 0.25) is 0 Å². The summed E-state index contributed by atoms with van der Waals surface area (Å²) in [6, 6.07) is 28.5. The SMILES string of the molecule is C(=Cc1cccc(OCc2ccc3ccccc3n2)c1)c1cccc(Cc2nnn[nH]2)c1. The molecule has 0 saturated carbocycles. The van der Waals surface area contributed by atoms with Gasteiger partial charge in [-0.25, -0.2) is 10.1 Å². The van der Waals surface area contributed by atoms with Gasteiger partial charge in [0, 0.05) is 11.8 Å². The molecule has 0 fully saturated rings. The molecule has 6 nitrogen and oxygen atoms in total.